The molecule has 0 aromatic heterocycles. The van der Waals surface area contributed by atoms with E-state index in [4.69, 9.17) is 0 Å². The molecule has 0 fully saturated rings. The third-order valence-corrected chi connectivity index (χ3v) is 3.48. The van der Waals surface area contributed by atoms with Gasteiger partial charge in [-0.25, -0.2) is 0 Å². The van der Waals surface area contributed by atoms with Crippen LogP contribution in [0, 0.1) is 5.92 Å². The molecule has 0 amide bonds. The van der Waals surface area contributed by atoms with Crippen LogP contribution in [0.25, 0.3) is 0 Å². The van der Waals surface area contributed by atoms with Crippen molar-refractivity contribution in [1.29, 1.82) is 0 Å². The van der Waals surface area contributed by atoms with Crippen molar-refractivity contribution in [3.05, 3.63) is 71.8 Å². The number of aliphatic carboxylic acids is 1. The fourth-order valence-electron chi connectivity index (χ4n) is 2.56. The van der Waals surface area contributed by atoms with Crippen LogP contribution in [-0.2, 0) is 4.79 Å². The van der Waals surface area contributed by atoms with Crippen molar-refractivity contribution in [2.75, 3.05) is 0 Å². The lowest BCUT2D eigenvalue weighted by Crippen LogP contribution is -2.32. The first kappa shape index (κ1) is 14.3. The highest BCUT2D eigenvalue weighted by Gasteiger charge is 2.34. The van der Waals surface area contributed by atoms with E-state index >= 15 is 0 Å². The van der Waals surface area contributed by atoms with Gasteiger partial charge in [-0.15, -0.1) is 0 Å². The second kappa shape index (κ2) is 6.35. The molecular formula is C17H18O3. The molecule has 20 heavy (non-hydrogen) atoms. The molecule has 0 aliphatic rings. The zero-order chi connectivity index (χ0) is 14.5. The minimum atomic E-state index is -0.988. The average Bonchev–Trinajstić information content (AvgIpc) is 2.45. The summed E-state index contributed by atoms with van der Waals surface area (Å²) in [6.07, 6.45) is -0.932. The highest BCUT2D eigenvalue weighted by molar-refractivity contribution is 5.73. The highest BCUT2D eigenvalue weighted by Crippen LogP contribution is 2.34. The number of aliphatic hydroxyl groups excluding tert-OH is 1. The lowest BCUT2D eigenvalue weighted by molar-refractivity contribution is -0.145. The Bertz CT molecular complexity index is 509. The summed E-state index contributed by atoms with van der Waals surface area (Å²) >= 11 is 0. The number of aliphatic hydroxyl groups is 1. The van der Waals surface area contributed by atoms with Crippen molar-refractivity contribution >= 4 is 5.97 Å². The Morgan fingerprint density at radius 1 is 0.900 bits per heavy atom. The maximum atomic E-state index is 11.6. The van der Waals surface area contributed by atoms with Gasteiger partial charge < -0.3 is 10.2 Å². The molecule has 104 valence electrons. The molecule has 0 aliphatic heterocycles. The zero-order valence-corrected chi connectivity index (χ0v) is 11.3. The van der Waals surface area contributed by atoms with Crippen molar-refractivity contribution in [2.45, 2.75) is 18.9 Å². The molecule has 0 spiro atoms. The summed E-state index contributed by atoms with van der Waals surface area (Å²) in [5, 5.41) is 19.4. The number of carbonyl (C=O) groups is 1. The highest BCUT2D eigenvalue weighted by atomic mass is 16.4. The van der Waals surface area contributed by atoms with E-state index < -0.39 is 18.0 Å². The van der Waals surface area contributed by atoms with E-state index in [9.17, 15) is 15.0 Å². The third-order valence-electron chi connectivity index (χ3n) is 3.48. The number of benzene rings is 2. The Balaban J connectivity index is 2.52. The molecule has 0 saturated heterocycles. The minimum Gasteiger partial charge on any atom is -0.481 e. The maximum Gasteiger partial charge on any atom is 0.310 e. The molecule has 0 saturated carbocycles. The van der Waals surface area contributed by atoms with Crippen LogP contribution in [0.3, 0.4) is 0 Å². The molecule has 2 atom stereocenters. The van der Waals surface area contributed by atoms with Gasteiger partial charge >= 0.3 is 5.97 Å². The Labute approximate surface area is 118 Å². The largest absolute Gasteiger partial charge is 0.481 e. The quantitative estimate of drug-likeness (QED) is 0.878. The van der Waals surface area contributed by atoms with E-state index in [-0.39, 0.29) is 5.92 Å². The smallest absolute Gasteiger partial charge is 0.310 e. The minimum absolute atomic E-state index is 0.366. The van der Waals surface area contributed by atoms with Gasteiger partial charge in [0.1, 0.15) is 0 Å². The SMILES string of the molecule is C[C@@H](O)[C@H](C(=O)O)C(c1ccccc1)c1ccccc1. The van der Waals surface area contributed by atoms with Crippen LogP contribution in [0.1, 0.15) is 24.0 Å². The van der Waals surface area contributed by atoms with Gasteiger partial charge in [0.15, 0.2) is 0 Å². The second-order valence-electron chi connectivity index (χ2n) is 4.90. The monoisotopic (exact) mass is 270 g/mol. The van der Waals surface area contributed by atoms with Crippen LogP contribution in [0.5, 0.6) is 0 Å². The summed E-state index contributed by atoms with van der Waals surface area (Å²) in [6, 6.07) is 18.9. The first-order valence-electron chi connectivity index (χ1n) is 6.62. The van der Waals surface area contributed by atoms with Gasteiger partial charge in [0.05, 0.1) is 12.0 Å². The van der Waals surface area contributed by atoms with E-state index in [0.29, 0.717) is 0 Å². The number of rotatable bonds is 5. The van der Waals surface area contributed by atoms with Gasteiger partial charge in [-0.3, -0.25) is 4.79 Å². The van der Waals surface area contributed by atoms with Crippen LogP contribution in [0.2, 0.25) is 0 Å². The Morgan fingerprint density at radius 2 is 1.30 bits per heavy atom. The summed E-state index contributed by atoms with van der Waals surface area (Å²) in [6.45, 7) is 1.53. The Morgan fingerprint density at radius 3 is 1.60 bits per heavy atom. The van der Waals surface area contributed by atoms with Gasteiger partial charge in [0.2, 0.25) is 0 Å². The van der Waals surface area contributed by atoms with E-state index in [1.165, 1.54) is 6.92 Å². The van der Waals surface area contributed by atoms with Crippen LogP contribution >= 0.6 is 0 Å². The summed E-state index contributed by atoms with van der Waals surface area (Å²) in [5.74, 6) is -2.23. The fraction of sp³-hybridized carbons (Fsp3) is 0.235. The number of carboxylic acids is 1. The molecule has 0 radical (unpaired) electrons. The predicted molar refractivity (Wildman–Crippen MR) is 77.5 cm³/mol. The van der Waals surface area contributed by atoms with Crippen molar-refractivity contribution < 1.29 is 15.0 Å². The molecule has 2 aromatic rings. The fourth-order valence-corrected chi connectivity index (χ4v) is 2.56. The molecule has 2 aromatic carbocycles. The van der Waals surface area contributed by atoms with E-state index in [1.807, 2.05) is 60.7 Å². The summed E-state index contributed by atoms with van der Waals surface area (Å²) in [4.78, 5) is 11.6. The normalized spacial score (nSPS) is 13.9. The van der Waals surface area contributed by atoms with Crippen molar-refractivity contribution in [1.82, 2.24) is 0 Å². The van der Waals surface area contributed by atoms with Crippen LogP contribution < -0.4 is 0 Å². The molecule has 2 rings (SSSR count). The number of hydrogen-bond acceptors (Lipinski definition) is 2. The van der Waals surface area contributed by atoms with Crippen molar-refractivity contribution in [3.63, 3.8) is 0 Å². The molecule has 0 bridgehead atoms. The van der Waals surface area contributed by atoms with Crippen molar-refractivity contribution in [3.8, 4) is 0 Å². The first-order chi connectivity index (χ1) is 9.61. The number of hydrogen-bond donors (Lipinski definition) is 2. The molecule has 0 heterocycles. The third kappa shape index (κ3) is 3.06. The van der Waals surface area contributed by atoms with Gasteiger partial charge in [0, 0.05) is 5.92 Å². The maximum absolute atomic E-state index is 11.6. The lowest BCUT2D eigenvalue weighted by Gasteiger charge is -2.27. The lowest BCUT2D eigenvalue weighted by atomic mass is 9.78. The second-order valence-corrected chi connectivity index (χ2v) is 4.90. The van der Waals surface area contributed by atoms with Gasteiger partial charge in [-0.05, 0) is 18.1 Å². The molecular weight excluding hydrogens is 252 g/mol. The molecule has 3 heteroatoms. The zero-order valence-electron chi connectivity index (χ0n) is 11.3. The number of carboxylic acid groups (broad SMARTS) is 1. The van der Waals surface area contributed by atoms with Crippen LogP contribution in [-0.4, -0.2) is 22.3 Å². The van der Waals surface area contributed by atoms with Gasteiger partial charge in [-0.2, -0.15) is 0 Å². The first-order valence-corrected chi connectivity index (χ1v) is 6.62. The van der Waals surface area contributed by atoms with Crippen LogP contribution in [0.4, 0.5) is 0 Å². The van der Waals surface area contributed by atoms with E-state index in [2.05, 4.69) is 0 Å². The molecule has 3 nitrogen and oxygen atoms in total. The van der Waals surface area contributed by atoms with E-state index in [1.54, 1.807) is 0 Å². The topological polar surface area (TPSA) is 57.5 Å². The standard InChI is InChI=1S/C17H18O3/c1-12(18)15(17(19)20)16(13-8-4-2-5-9-13)14-10-6-3-7-11-14/h2-12,15-16,18H,1H3,(H,19,20)/t12-,15+/m1/s1. The Kier molecular flexibility index (Phi) is 4.53. The summed E-state index contributed by atoms with van der Waals surface area (Å²) in [5.41, 5.74) is 1.79. The average molecular weight is 270 g/mol. The summed E-state index contributed by atoms with van der Waals surface area (Å²) in [7, 11) is 0. The van der Waals surface area contributed by atoms with Gasteiger partial charge in [0.25, 0.3) is 0 Å². The molecule has 0 aliphatic carbocycles. The van der Waals surface area contributed by atoms with Gasteiger partial charge in [-0.1, -0.05) is 60.7 Å². The van der Waals surface area contributed by atoms with E-state index in [0.717, 1.165) is 11.1 Å². The molecule has 0 unspecified atom stereocenters. The van der Waals surface area contributed by atoms with Crippen molar-refractivity contribution in [2.24, 2.45) is 5.92 Å². The Hall–Kier alpha value is -2.13. The molecule has 2 N–H and O–H groups in total. The van der Waals surface area contributed by atoms with Crippen LogP contribution in [0.15, 0.2) is 60.7 Å². The summed E-state index contributed by atoms with van der Waals surface area (Å²) < 4.78 is 0. The predicted octanol–water partition coefficient (Wildman–Crippen LogP) is 2.90.